The van der Waals surface area contributed by atoms with E-state index < -0.39 is 0 Å². The van der Waals surface area contributed by atoms with Gasteiger partial charge in [0.15, 0.2) is 0 Å². The zero-order valence-electron chi connectivity index (χ0n) is 10.9. The van der Waals surface area contributed by atoms with Crippen LogP contribution in [0.15, 0.2) is 0 Å². The lowest BCUT2D eigenvalue weighted by molar-refractivity contribution is 0.0303. The molecule has 0 spiro atoms. The summed E-state index contributed by atoms with van der Waals surface area (Å²) < 4.78 is 5.34. The maximum absolute atomic E-state index is 11.6. The molecule has 0 atom stereocenters. The molecule has 90 valence electrons. The van der Waals surface area contributed by atoms with Crippen molar-refractivity contribution in [2.75, 3.05) is 0 Å². The molecule has 0 aromatic carbocycles. The van der Waals surface area contributed by atoms with Crippen molar-refractivity contribution in [3.05, 3.63) is 0 Å². The van der Waals surface area contributed by atoms with Crippen LogP contribution >= 0.6 is 0 Å². The van der Waals surface area contributed by atoms with Crippen molar-refractivity contribution >= 4 is 6.09 Å². The van der Waals surface area contributed by atoms with Crippen LogP contribution in [-0.4, -0.2) is 17.2 Å². The Morgan fingerprint density at radius 3 is 1.87 bits per heavy atom. The number of hydrogen-bond acceptors (Lipinski definition) is 2. The summed E-state index contributed by atoms with van der Waals surface area (Å²) in [5.74, 6) is 0. The van der Waals surface area contributed by atoms with Gasteiger partial charge in [0.05, 0.1) is 0 Å². The second-order valence-electron chi connectivity index (χ2n) is 4.90. The van der Waals surface area contributed by atoms with Crippen LogP contribution in [0.4, 0.5) is 4.79 Å². The van der Waals surface area contributed by atoms with Gasteiger partial charge in [-0.05, 0) is 40.0 Å². The molecule has 0 fully saturated rings. The van der Waals surface area contributed by atoms with E-state index >= 15 is 0 Å². The van der Waals surface area contributed by atoms with Crippen LogP contribution in [0.2, 0.25) is 0 Å². The lowest BCUT2D eigenvalue weighted by Crippen LogP contribution is -2.47. The molecular weight excluding hydrogens is 190 g/mol. The third-order valence-corrected chi connectivity index (χ3v) is 3.18. The predicted molar refractivity (Wildman–Crippen MR) is 63.0 cm³/mol. The molecule has 0 aliphatic heterocycles. The average Bonchev–Trinajstić information content (AvgIpc) is 2.16. The quantitative estimate of drug-likeness (QED) is 0.762. The Morgan fingerprint density at radius 1 is 1.07 bits per heavy atom. The number of carbonyl (C=O) groups is 1. The van der Waals surface area contributed by atoms with Gasteiger partial charge in [0.25, 0.3) is 0 Å². The summed E-state index contributed by atoms with van der Waals surface area (Å²) in [6.07, 6.45) is 2.32. The first kappa shape index (κ1) is 14.3. The minimum Gasteiger partial charge on any atom is -0.444 e. The van der Waals surface area contributed by atoms with Crippen LogP contribution < -0.4 is 5.32 Å². The van der Waals surface area contributed by atoms with Crippen molar-refractivity contribution in [2.45, 2.75) is 71.9 Å². The van der Waals surface area contributed by atoms with Gasteiger partial charge < -0.3 is 10.1 Å². The monoisotopic (exact) mass is 215 g/mol. The van der Waals surface area contributed by atoms with Crippen LogP contribution in [0.1, 0.15) is 60.8 Å². The van der Waals surface area contributed by atoms with E-state index in [0.29, 0.717) is 0 Å². The van der Waals surface area contributed by atoms with Crippen molar-refractivity contribution in [3.63, 3.8) is 0 Å². The van der Waals surface area contributed by atoms with E-state index in [1.165, 1.54) is 0 Å². The van der Waals surface area contributed by atoms with Crippen LogP contribution in [0.5, 0.6) is 0 Å². The Morgan fingerprint density at radius 2 is 1.53 bits per heavy atom. The lowest BCUT2D eigenvalue weighted by atomic mass is 9.96. The van der Waals surface area contributed by atoms with Crippen LogP contribution in [0.25, 0.3) is 0 Å². The molecule has 0 rings (SSSR count). The summed E-state index contributed by atoms with van der Waals surface area (Å²) in [7, 11) is 0. The molecule has 0 aromatic rings. The van der Waals surface area contributed by atoms with Gasteiger partial charge in [0, 0.05) is 5.54 Å². The molecular formula is C12H25NO2. The van der Waals surface area contributed by atoms with Gasteiger partial charge in [-0.25, -0.2) is 4.79 Å². The van der Waals surface area contributed by atoms with Crippen molar-refractivity contribution in [1.29, 1.82) is 0 Å². The molecule has 3 nitrogen and oxygen atoms in total. The SMILES string of the molecule is CCC(C)(CC)NC(=O)OC(C)(C)CC. The summed E-state index contributed by atoms with van der Waals surface area (Å²) in [5.41, 5.74) is -0.534. The molecule has 0 bridgehead atoms. The Bertz CT molecular complexity index is 208. The number of amides is 1. The number of rotatable bonds is 5. The van der Waals surface area contributed by atoms with Gasteiger partial charge in [-0.3, -0.25) is 0 Å². The number of nitrogens with one attached hydrogen (secondary N) is 1. The van der Waals surface area contributed by atoms with Crippen molar-refractivity contribution < 1.29 is 9.53 Å². The summed E-state index contributed by atoms with van der Waals surface area (Å²) >= 11 is 0. The highest BCUT2D eigenvalue weighted by molar-refractivity contribution is 5.68. The number of hydrogen-bond donors (Lipinski definition) is 1. The smallest absolute Gasteiger partial charge is 0.408 e. The molecule has 0 aromatic heterocycles. The van der Waals surface area contributed by atoms with Gasteiger partial charge in [0.2, 0.25) is 0 Å². The van der Waals surface area contributed by atoms with E-state index in [9.17, 15) is 4.79 Å². The minimum absolute atomic E-state index is 0.152. The second kappa shape index (κ2) is 5.38. The van der Waals surface area contributed by atoms with Crippen molar-refractivity contribution in [2.24, 2.45) is 0 Å². The molecule has 15 heavy (non-hydrogen) atoms. The number of carbonyl (C=O) groups excluding carboxylic acids is 1. The summed E-state index contributed by atoms with van der Waals surface area (Å²) in [6.45, 7) is 12.0. The van der Waals surface area contributed by atoms with Gasteiger partial charge >= 0.3 is 6.09 Å². The highest BCUT2D eigenvalue weighted by Gasteiger charge is 2.26. The van der Waals surface area contributed by atoms with Gasteiger partial charge in [-0.2, -0.15) is 0 Å². The lowest BCUT2D eigenvalue weighted by Gasteiger charge is -2.31. The molecule has 0 heterocycles. The molecule has 0 aliphatic carbocycles. The van der Waals surface area contributed by atoms with E-state index in [2.05, 4.69) is 19.2 Å². The zero-order valence-corrected chi connectivity index (χ0v) is 10.9. The molecule has 1 amide bonds. The van der Waals surface area contributed by atoms with E-state index in [-0.39, 0.29) is 17.2 Å². The first-order chi connectivity index (χ1) is 6.78. The third kappa shape index (κ3) is 5.05. The minimum atomic E-state index is -0.382. The third-order valence-electron chi connectivity index (χ3n) is 3.18. The molecule has 1 N–H and O–H groups in total. The Hall–Kier alpha value is -0.730. The molecule has 0 saturated carbocycles. The van der Waals surface area contributed by atoms with Crippen LogP contribution in [-0.2, 0) is 4.74 Å². The first-order valence-electron chi connectivity index (χ1n) is 5.79. The molecule has 0 aliphatic rings. The second-order valence-corrected chi connectivity index (χ2v) is 4.90. The summed E-state index contributed by atoms with van der Waals surface area (Å²) in [6, 6.07) is 0. The molecule has 0 unspecified atom stereocenters. The average molecular weight is 215 g/mol. The van der Waals surface area contributed by atoms with Crippen molar-refractivity contribution in [1.82, 2.24) is 5.32 Å². The maximum Gasteiger partial charge on any atom is 0.408 e. The highest BCUT2D eigenvalue weighted by Crippen LogP contribution is 2.17. The summed E-state index contributed by atoms with van der Waals surface area (Å²) in [4.78, 5) is 11.6. The standard InChI is InChI=1S/C12H25NO2/c1-7-11(4,5)15-10(14)13-12(6,8-2)9-3/h7-9H2,1-6H3,(H,13,14). The highest BCUT2D eigenvalue weighted by atomic mass is 16.6. The largest absolute Gasteiger partial charge is 0.444 e. The van der Waals surface area contributed by atoms with E-state index in [0.717, 1.165) is 19.3 Å². The van der Waals surface area contributed by atoms with Gasteiger partial charge in [-0.1, -0.05) is 20.8 Å². The normalized spacial score (nSPS) is 12.4. The van der Waals surface area contributed by atoms with Crippen LogP contribution in [0, 0.1) is 0 Å². The fourth-order valence-corrected chi connectivity index (χ4v) is 1.02. The van der Waals surface area contributed by atoms with E-state index in [4.69, 9.17) is 4.74 Å². The topological polar surface area (TPSA) is 38.3 Å². The fourth-order valence-electron chi connectivity index (χ4n) is 1.02. The Balaban J connectivity index is 4.26. The van der Waals surface area contributed by atoms with E-state index in [1.807, 2.05) is 27.7 Å². The molecule has 0 radical (unpaired) electrons. The van der Waals surface area contributed by atoms with Gasteiger partial charge in [-0.15, -0.1) is 0 Å². The molecule has 3 heteroatoms. The fraction of sp³-hybridized carbons (Fsp3) is 0.917. The molecule has 0 saturated heterocycles. The maximum atomic E-state index is 11.6. The van der Waals surface area contributed by atoms with Crippen LogP contribution in [0.3, 0.4) is 0 Å². The Kier molecular flexibility index (Phi) is 5.12. The first-order valence-corrected chi connectivity index (χ1v) is 5.79. The zero-order chi connectivity index (χ0) is 12.1. The number of alkyl carbamates (subject to hydrolysis) is 1. The Labute approximate surface area is 93.6 Å². The predicted octanol–water partition coefficient (Wildman–Crippen LogP) is 3.48. The van der Waals surface area contributed by atoms with Gasteiger partial charge in [0.1, 0.15) is 5.60 Å². The van der Waals surface area contributed by atoms with Crippen molar-refractivity contribution in [3.8, 4) is 0 Å². The number of ether oxygens (including phenoxy) is 1. The summed E-state index contributed by atoms with van der Waals surface area (Å²) in [5, 5.41) is 2.92. The van der Waals surface area contributed by atoms with E-state index in [1.54, 1.807) is 0 Å².